The first-order valence-electron chi connectivity index (χ1n) is 6.86. The first kappa shape index (κ1) is 11.4. The van der Waals surface area contributed by atoms with E-state index in [0.29, 0.717) is 0 Å². The second-order valence-electron chi connectivity index (χ2n) is 5.19. The van der Waals surface area contributed by atoms with E-state index in [0.717, 1.165) is 6.04 Å². The molecule has 0 N–H and O–H groups in total. The van der Waals surface area contributed by atoms with Gasteiger partial charge in [0, 0.05) is 38.8 Å². The van der Waals surface area contributed by atoms with Crippen LogP contribution in [0.5, 0.6) is 0 Å². The fourth-order valence-corrected chi connectivity index (χ4v) is 2.98. The second-order valence-corrected chi connectivity index (χ2v) is 5.19. The third kappa shape index (κ3) is 3.18. The quantitative estimate of drug-likeness (QED) is 0.621. The van der Waals surface area contributed by atoms with Gasteiger partial charge in [-0.25, -0.2) is 0 Å². The highest BCUT2D eigenvalue weighted by Gasteiger charge is 2.30. The fourth-order valence-electron chi connectivity index (χ4n) is 2.98. The number of nitrogens with zero attached hydrogens (tertiary/aromatic N) is 2. The van der Waals surface area contributed by atoms with E-state index in [1.54, 1.807) is 0 Å². The molecule has 3 saturated heterocycles. The molecule has 0 amide bonds. The molecule has 88 valence electrons. The summed E-state index contributed by atoms with van der Waals surface area (Å²) in [5.41, 5.74) is 0. The van der Waals surface area contributed by atoms with Gasteiger partial charge < -0.3 is 0 Å². The molecular weight excluding hydrogens is 184 g/mol. The number of unbranched alkanes of at least 4 members (excludes halogenated alkanes) is 4. The molecule has 0 aromatic rings. The number of rotatable bonds is 6. The van der Waals surface area contributed by atoms with Crippen molar-refractivity contribution < 1.29 is 0 Å². The lowest BCUT2D eigenvalue weighted by Gasteiger charge is -2.47. The van der Waals surface area contributed by atoms with Gasteiger partial charge in [0.05, 0.1) is 0 Å². The van der Waals surface area contributed by atoms with Crippen LogP contribution in [0.3, 0.4) is 0 Å². The van der Waals surface area contributed by atoms with E-state index >= 15 is 0 Å². The van der Waals surface area contributed by atoms with E-state index in [2.05, 4.69) is 16.7 Å². The first-order chi connectivity index (χ1) is 7.40. The number of piperazine rings is 3. The Labute approximate surface area is 94.6 Å². The lowest BCUT2D eigenvalue weighted by Crippen LogP contribution is -2.60. The Hall–Kier alpha value is -0.0800. The molecule has 3 aliphatic heterocycles. The molecule has 0 aromatic carbocycles. The average molecular weight is 210 g/mol. The van der Waals surface area contributed by atoms with Crippen LogP contribution in [-0.2, 0) is 0 Å². The van der Waals surface area contributed by atoms with Crippen molar-refractivity contribution in [2.24, 2.45) is 0 Å². The molecule has 0 saturated carbocycles. The van der Waals surface area contributed by atoms with Gasteiger partial charge in [0.2, 0.25) is 0 Å². The highest BCUT2D eigenvalue weighted by atomic mass is 15.3. The minimum Gasteiger partial charge on any atom is -0.299 e. The van der Waals surface area contributed by atoms with Crippen molar-refractivity contribution in [1.82, 2.24) is 9.80 Å². The monoisotopic (exact) mass is 210 g/mol. The van der Waals surface area contributed by atoms with Crippen LogP contribution >= 0.6 is 0 Å². The summed E-state index contributed by atoms with van der Waals surface area (Å²) in [6, 6.07) is 0.897. The lowest BCUT2D eigenvalue weighted by molar-refractivity contribution is 0.00886. The topological polar surface area (TPSA) is 6.48 Å². The van der Waals surface area contributed by atoms with E-state index in [4.69, 9.17) is 0 Å². The number of hydrogen-bond acceptors (Lipinski definition) is 2. The highest BCUT2D eigenvalue weighted by molar-refractivity contribution is 4.87. The minimum absolute atomic E-state index is 0.897. The van der Waals surface area contributed by atoms with Crippen molar-refractivity contribution in [3.05, 3.63) is 0 Å². The summed E-state index contributed by atoms with van der Waals surface area (Å²) in [6.07, 6.45) is 8.60. The number of fused-ring (bicyclic) bond motifs is 3. The van der Waals surface area contributed by atoms with E-state index in [1.165, 1.54) is 71.2 Å². The van der Waals surface area contributed by atoms with Gasteiger partial charge in [-0.3, -0.25) is 9.80 Å². The van der Waals surface area contributed by atoms with Crippen LogP contribution in [0.1, 0.15) is 45.4 Å². The normalized spacial score (nSPS) is 34.6. The van der Waals surface area contributed by atoms with Gasteiger partial charge in [0.15, 0.2) is 0 Å². The molecule has 2 nitrogen and oxygen atoms in total. The molecule has 0 radical (unpaired) electrons. The van der Waals surface area contributed by atoms with Gasteiger partial charge in [0.25, 0.3) is 0 Å². The third-order valence-corrected chi connectivity index (χ3v) is 4.03. The van der Waals surface area contributed by atoms with Crippen molar-refractivity contribution in [1.29, 1.82) is 0 Å². The smallest absolute Gasteiger partial charge is 0.0224 e. The standard InChI is InChI=1S/C13H26N2/c1-2-3-4-5-6-7-13-12-14-8-10-15(13)11-9-14/h13H,2-12H2,1H3. The van der Waals surface area contributed by atoms with Crippen LogP contribution in [0, 0.1) is 0 Å². The van der Waals surface area contributed by atoms with Gasteiger partial charge in [-0.1, -0.05) is 39.0 Å². The third-order valence-electron chi connectivity index (χ3n) is 4.03. The molecule has 2 bridgehead atoms. The summed E-state index contributed by atoms with van der Waals surface area (Å²) in [5.74, 6) is 0. The largest absolute Gasteiger partial charge is 0.299 e. The van der Waals surface area contributed by atoms with Gasteiger partial charge in [-0.05, 0) is 6.42 Å². The van der Waals surface area contributed by atoms with Crippen LogP contribution in [0.2, 0.25) is 0 Å². The molecule has 0 aliphatic carbocycles. The van der Waals surface area contributed by atoms with Gasteiger partial charge >= 0.3 is 0 Å². The number of hydrogen-bond donors (Lipinski definition) is 0. The zero-order valence-electron chi connectivity index (χ0n) is 10.2. The molecule has 3 fully saturated rings. The molecule has 1 atom stereocenters. The maximum absolute atomic E-state index is 2.72. The SMILES string of the molecule is CCCCCCCC1CN2CCN1CC2. The average Bonchev–Trinajstić information content (AvgIpc) is 2.30. The summed E-state index contributed by atoms with van der Waals surface area (Å²) >= 11 is 0. The van der Waals surface area contributed by atoms with E-state index in [1.807, 2.05) is 0 Å². The zero-order chi connectivity index (χ0) is 10.5. The van der Waals surface area contributed by atoms with Crippen LogP contribution in [0.15, 0.2) is 0 Å². The molecule has 15 heavy (non-hydrogen) atoms. The maximum Gasteiger partial charge on any atom is 0.0224 e. The summed E-state index contributed by atoms with van der Waals surface area (Å²) < 4.78 is 0. The van der Waals surface area contributed by atoms with Crippen LogP contribution in [-0.4, -0.2) is 48.6 Å². The Morgan fingerprint density at radius 3 is 2.27 bits per heavy atom. The first-order valence-corrected chi connectivity index (χ1v) is 6.86. The van der Waals surface area contributed by atoms with Gasteiger partial charge in [-0.15, -0.1) is 0 Å². The summed E-state index contributed by atoms with van der Waals surface area (Å²) in [6.45, 7) is 8.96. The second kappa shape index (κ2) is 5.86. The Balaban J connectivity index is 1.59. The van der Waals surface area contributed by atoms with Crippen molar-refractivity contribution >= 4 is 0 Å². The molecule has 3 aliphatic rings. The van der Waals surface area contributed by atoms with Crippen molar-refractivity contribution in [2.45, 2.75) is 51.5 Å². The Kier molecular flexibility index (Phi) is 4.45. The van der Waals surface area contributed by atoms with E-state index in [-0.39, 0.29) is 0 Å². The molecule has 2 heteroatoms. The van der Waals surface area contributed by atoms with E-state index < -0.39 is 0 Å². The van der Waals surface area contributed by atoms with Crippen LogP contribution in [0.4, 0.5) is 0 Å². The Morgan fingerprint density at radius 2 is 1.67 bits per heavy atom. The summed E-state index contributed by atoms with van der Waals surface area (Å²) in [4.78, 5) is 5.37. The molecule has 0 spiro atoms. The van der Waals surface area contributed by atoms with Gasteiger partial charge in [0.1, 0.15) is 0 Å². The highest BCUT2D eigenvalue weighted by Crippen LogP contribution is 2.20. The lowest BCUT2D eigenvalue weighted by atomic mass is 10.0. The summed E-state index contributed by atoms with van der Waals surface area (Å²) in [7, 11) is 0. The van der Waals surface area contributed by atoms with Gasteiger partial charge in [-0.2, -0.15) is 0 Å². The molecular formula is C13H26N2. The van der Waals surface area contributed by atoms with Crippen molar-refractivity contribution in [2.75, 3.05) is 32.7 Å². The minimum atomic E-state index is 0.897. The zero-order valence-corrected chi connectivity index (χ0v) is 10.2. The summed E-state index contributed by atoms with van der Waals surface area (Å²) in [5, 5.41) is 0. The molecule has 0 aromatic heterocycles. The van der Waals surface area contributed by atoms with Crippen LogP contribution in [0.25, 0.3) is 0 Å². The van der Waals surface area contributed by atoms with Crippen molar-refractivity contribution in [3.63, 3.8) is 0 Å². The molecule has 3 heterocycles. The predicted octanol–water partition coefficient (Wildman–Crippen LogP) is 2.35. The predicted molar refractivity (Wildman–Crippen MR) is 65.2 cm³/mol. The van der Waals surface area contributed by atoms with E-state index in [9.17, 15) is 0 Å². The Morgan fingerprint density at radius 1 is 0.933 bits per heavy atom. The fraction of sp³-hybridized carbons (Fsp3) is 1.00. The maximum atomic E-state index is 2.72. The Bertz CT molecular complexity index is 173. The molecule has 3 rings (SSSR count). The van der Waals surface area contributed by atoms with Crippen molar-refractivity contribution in [3.8, 4) is 0 Å². The van der Waals surface area contributed by atoms with Crippen LogP contribution < -0.4 is 0 Å². The molecule has 1 unspecified atom stereocenters.